The summed E-state index contributed by atoms with van der Waals surface area (Å²) in [6, 6.07) is 5.25. The number of amides is 1. The molecular weight excluding hydrogens is 338 g/mol. The van der Waals surface area contributed by atoms with Crippen molar-refractivity contribution in [3.8, 4) is 5.75 Å². The summed E-state index contributed by atoms with van der Waals surface area (Å²) in [7, 11) is 1.54. The van der Waals surface area contributed by atoms with Gasteiger partial charge < -0.3 is 10.1 Å². The van der Waals surface area contributed by atoms with Crippen LogP contribution in [0, 0.1) is 0 Å². The number of benzene rings is 1. The maximum Gasteiger partial charge on any atom is 0.225 e. The second kappa shape index (κ2) is 8.16. The molecule has 1 N–H and O–H groups in total. The summed E-state index contributed by atoms with van der Waals surface area (Å²) in [5, 5.41) is 15.6. The molecule has 1 heterocycles. The molecule has 0 bridgehead atoms. The highest BCUT2D eigenvalue weighted by Gasteiger charge is 2.12. The topological polar surface area (TPSA) is 81.9 Å². The van der Waals surface area contributed by atoms with E-state index in [0.29, 0.717) is 33.8 Å². The van der Waals surface area contributed by atoms with E-state index in [1.165, 1.54) is 11.8 Å². The highest BCUT2D eigenvalue weighted by molar-refractivity contribution is 7.99. The van der Waals surface area contributed by atoms with E-state index in [9.17, 15) is 4.79 Å². The predicted molar refractivity (Wildman–Crippen MR) is 90.2 cm³/mol. The van der Waals surface area contributed by atoms with Gasteiger partial charge in [-0.1, -0.05) is 23.4 Å². The lowest BCUT2D eigenvalue weighted by Crippen LogP contribution is -2.13. The number of methoxy groups -OCH3 is 1. The molecule has 0 spiro atoms. The molecule has 0 saturated heterocycles. The van der Waals surface area contributed by atoms with Crippen LogP contribution in [-0.4, -0.2) is 39.0 Å². The van der Waals surface area contributed by atoms with E-state index in [4.69, 9.17) is 16.3 Å². The number of carbonyl (C=O) groups is 1. The lowest BCUT2D eigenvalue weighted by molar-refractivity contribution is -0.115. The summed E-state index contributed by atoms with van der Waals surface area (Å²) < 4.78 is 6.92. The Balaban J connectivity index is 1.88. The van der Waals surface area contributed by atoms with Gasteiger partial charge in [0.1, 0.15) is 5.75 Å². The first-order valence-electron chi connectivity index (χ1n) is 7.05. The largest absolute Gasteiger partial charge is 0.495 e. The van der Waals surface area contributed by atoms with Gasteiger partial charge in [0, 0.05) is 17.2 Å². The number of nitrogens with zero attached hydrogens (tertiary/aromatic N) is 4. The van der Waals surface area contributed by atoms with Gasteiger partial charge in [-0.15, -0.1) is 5.10 Å². The third-order valence-corrected chi connectivity index (χ3v) is 4.12. The predicted octanol–water partition coefficient (Wildman–Crippen LogP) is 3.04. The van der Waals surface area contributed by atoms with Crippen molar-refractivity contribution >= 4 is 35.0 Å². The van der Waals surface area contributed by atoms with Gasteiger partial charge in [-0.3, -0.25) is 4.79 Å². The number of hydrogen-bond acceptors (Lipinski definition) is 6. The number of tetrazole rings is 1. The first kappa shape index (κ1) is 17.6. The first-order valence-corrected chi connectivity index (χ1v) is 8.41. The highest BCUT2D eigenvalue weighted by atomic mass is 35.5. The monoisotopic (exact) mass is 355 g/mol. The zero-order chi connectivity index (χ0) is 16.8. The fraction of sp³-hybridized carbons (Fsp3) is 0.429. The van der Waals surface area contributed by atoms with E-state index < -0.39 is 0 Å². The van der Waals surface area contributed by atoms with Crippen molar-refractivity contribution in [1.82, 2.24) is 20.2 Å². The lowest BCUT2D eigenvalue weighted by atomic mass is 10.3. The summed E-state index contributed by atoms with van der Waals surface area (Å²) in [5.74, 6) is 1.02. The van der Waals surface area contributed by atoms with Gasteiger partial charge in [-0.05, 0) is 42.5 Å². The SMILES string of the molecule is COc1ccc(Cl)cc1NC(=O)CCSc1nnnn1C(C)C. The second-order valence-electron chi connectivity index (χ2n) is 4.99. The quantitative estimate of drug-likeness (QED) is 0.769. The number of nitrogens with one attached hydrogen (secondary N) is 1. The van der Waals surface area contributed by atoms with Crippen LogP contribution in [0.25, 0.3) is 0 Å². The maximum absolute atomic E-state index is 12.1. The van der Waals surface area contributed by atoms with Crippen LogP contribution in [0.4, 0.5) is 5.69 Å². The molecule has 2 aromatic rings. The molecular formula is C14H18ClN5O2S. The Morgan fingerprint density at radius 3 is 2.96 bits per heavy atom. The maximum atomic E-state index is 12.1. The molecule has 1 aromatic carbocycles. The Kier molecular flexibility index (Phi) is 6.23. The number of ether oxygens (including phenoxy) is 1. The molecule has 9 heteroatoms. The zero-order valence-corrected chi connectivity index (χ0v) is 14.7. The number of rotatable bonds is 7. The smallest absolute Gasteiger partial charge is 0.225 e. The van der Waals surface area contributed by atoms with Gasteiger partial charge in [-0.2, -0.15) is 0 Å². The molecule has 23 heavy (non-hydrogen) atoms. The second-order valence-corrected chi connectivity index (χ2v) is 6.49. The molecule has 1 amide bonds. The Morgan fingerprint density at radius 2 is 2.26 bits per heavy atom. The third kappa shape index (κ3) is 4.84. The van der Waals surface area contributed by atoms with Crippen LogP contribution in [0.15, 0.2) is 23.4 Å². The molecule has 7 nitrogen and oxygen atoms in total. The zero-order valence-electron chi connectivity index (χ0n) is 13.1. The van der Waals surface area contributed by atoms with Crippen molar-refractivity contribution in [1.29, 1.82) is 0 Å². The average molecular weight is 356 g/mol. The van der Waals surface area contributed by atoms with Gasteiger partial charge in [0.25, 0.3) is 0 Å². The van der Waals surface area contributed by atoms with Gasteiger partial charge in [0.05, 0.1) is 18.8 Å². The van der Waals surface area contributed by atoms with Crippen LogP contribution in [-0.2, 0) is 4.79 Å². The van der Waals surface area contributed by atoms with E-state index >= 15 is 0 Å². The molecule has 0 atom stereocenters. The molecule has 1 aromatic heterocycles. The summed E-state index contributed by atoms with van der Waals surface area (Å²) in [6.07, 6.45) is 0.325. The van der Waals surface area contributed by atoms with Gasteiger partial charge in [0.2, 0.25) is 11.1 Å². The number of hydrogen-bond donors (Lipinski definition) is 1. The molecule has 0 radical (unpaired) electrons. The average Bonchev–Trinajstić information content (AvgIpc) is 2.96. The first-order chi connectivity index (χ1) is 11.0. The number of thioether (sulfide) groups is 1. The lowest BCUT2D eigenvalue weighted by Gasteiger charge is -2.10. The number of anilines is 1. The van der Waals surface area contributed by atoms with Crippen LogP contribution >= 0.6 is 23.4 Å². The minimum Gasteiger partial charge on any atom is -0.495 e. The van der Waals surface area contributed by atoms with Gasteiger partial charge in [-0.25, -0.2) is 4.68 Å². The Labute approximate surface area is 143 Å². The normalized spacial score (nSPS) is 10.8. The minimum atomic E-state index is -0.123. The number of carbonyl (C=O) groups excluding carboxylic acids is 1. The number of aromatic nitrogens is 4. The van der Waals surface area contributed by atoms with Crippen LogP contribution in [0.1, 0.15) is 26.3 Å². The minimum absolute atomic E-state index is 0.123. The van der Waals surface area contributed by atoms with E-state index in [0.717, 1.165) is 0 Å². The standard InChI is InChI=1S/C14H18ClN5O2S/c1-9(2)20-14(17-18-19-20)23-7-6-13(21)16-11-8-10(15)4-5-12(11)22-3/h4-5,8-9H,6-7H2,1-3H3,(H,16,21). The van der Waals surface area contributed by atoms with Gasteiger partial charge in [0.15, 0.2) is 0 Å². The van der Waals surface area contributed by atoms with Crippen LogP contribution in [0.2, 0.25) is 5.02 Å². The Morgan fingerprint density at radius 1 is 1.48 bits per heavy atom. The fourth-order valence-electron chi connectivity index (χ4n) is 1.83. The van der Waals surface area contributed by atoms with E-state index in [1.807, 2.05) is 13.8 Å². The molecule has 0 aliphatic heterocycles. The van der Waals surface area contributed by atoms with Gasteiger partial charge >= 0.3 is 0 Å². The number of halogens is 1. The summed E-state index contributed by atoms with van der Waals surface area (Å²) in [5.41, 5.74) is 0.557. The van der Waals surface area contributed by atoms with Crippen LogP contribution in [0.3, 0.4) is 0 Å². The molecule has 0 saturated carbocycles. The molecule has 0 aliphatic rings. The Hall–Kier alpha value is -1.80. The van der Waals surface area contributed by atoms with E-state index in [1.54, 1.807) is 30.0 Å². The van der Waals surface area contributed by atoms with Crippen molar-refractivity contribution < 1.29 is 9.53 Å². The molecule has 2 rings (SSSR count). The molecule has 0 fully saturated rings. The van der Waals surface area contributed by atoms with E-state index in [2.05, 4.69) is 20.8 Å². The van der Waals surface area contributed by atoms with Crippen LogP contribution < -0.4 is 10.1 Å². The van der Waals surface area contributed by atoms with Crippen molar-refractivity contribution in [2.75, 3.05) is 18.2 Å². The summed E-state index contributed by atoms with van der Waals surface area (Å²) in [4.78, 5) is 12.1. The Bertz CT molecular complexity index is 677. The highest BCUT2D eigenvalue weighted by Crippen LogP contribution is 2.28. The van der Waals surface area contributed by atoms with Crippen molar-refractivity contribution in [3.63, 3.8) is 0 Å². The molecule has 124 valence electrons. The van der Waals surface area contributed by atoms with Crippen molar-refractivity contribution in [2.24, 2.45) is 0 Å². The summed E-state index contributed by atoms with van der Waals surface area (Å²) in [6.45, 7) is 4.00. The third-order valence-electron chi connectivity index (χ3n) is 2.95. The van der Waals surface area contributed by atoms with Crippen LogP contribution in [0.5, 0.6) is 5.75 Å². The molecule has 0 aliphatic carbocycles. The van der Waals surface area contributed by atoms with Crippen molar-refractivity contribution in [3.05, 3.63) is 23.2 Å². The molecule has 0 unspecified atom stereocenters. The van der Waals surface area contributed by atoms with Crippen molar-refractivity contribution in [2.45, 2.75) is 31.5 Å². The summed E-state index contributed by atoms with van der Waals surface area (Å²) >= 11 is 7.38. The fourth-order valence-corrected chi connectivity index (χ4v) is 2.95. The van der Waals surface area contributed by atoms with E-state index in [-0.39, 0.29) is 11.9 Å².